The van der Waals surface area contributed by atoms with E-state index in [0.717, 1.165) is 65.3 Å². The lowest BCUT2D eigenvalue weighted by molar-refractivity contribution is 0.0665. The monoisotopic (exact) mass is 474 g/mol. The predicted molar refractivity (Wildman–Crippen MR) is 118 cm³/mol. The lowest BCUT2D eigenvalue weighted by atomic mass is 10.1. The number of halogens is 1. The molecule has 1 aliphatic rings. The molecule has 0 aliphatic carbocycles. The second-order valence-corrected chi connectivity index (χ2v) is 8.00. The molecule has 1 aliphatic heterocycles. The van der Waals surface area contributed by atoms with Crippen molar-refractivity contribution in [2.75, 3.05) is 45.3 Å². The Morgan fingerprint density at radius 3 is 2.33 bits per heavy atom. The molecule has 0 bridgehead atoms. The van der Waals surface area contributed by atoms with E-state index in [9.17, 15) is 9.90 Å². The molecule has 0 saturated carbocycles. The third kappa shape index (κ3) is 4.11. The van der Waals surface area contributed by atoms with Crippen LogP contribution in [0.3, 0.4) is 0 Å². The minimum atomic E-state index is -1.07. The van der Waals surface area contributed by atoms with Crippen molar-refractivity contribution in [1.29, 1.82) is 0 Å². The molecule has 0 radical (unpaired) electrons. The van der Waals surface area contributed by atoms with Crippen LogP contribution in [-0.2, 0) is 6.54 Å². The molecule has 7 nitrogen and oxygen atoms in total. The lowest BCUT2D eigenvalue weighted by Gasteiger charge is -2.36. The number of hydrogen-bond acceptors (Lipinski definition) is 6. The van der Waals surface area contributed by atoms with Crippen molar-refractivity contribution in [3.8, 4) is 11.5 Å². The van der Waals surface area contributed by atoms with Gasteiger partial charge in [-0.05, 0) is 45.8 Å². The Morgan fingerprint density at radius 2 is 1.73 bits per heavy atom. The number of ether oxygens (including phenoxy) is 2. The molecule has 0 unspecified atom stereocenters. The number of methoxy groups -OCH3 is 2. The van der Waals surface area contributed by atoms with E-state index in [0.29, 0.717) is 5.58 Å². The summed E-state index contributed by atoms with van der Waals surface area (Å²) in [6, 6.07) is 11.3. The van der Waals surface area contributed by atoms with Gasteiger partial charge in [0, 0.05) is 50.2 Å². The highest BCUT2D eigenvalue weighted by Crippen LogP contribution is 2.36. The van der Waals surface area contributed by atoms with Gasteiger partial charge in [0.15, 0.2) is 0 Å². The number of anilines is 1. The van der Waals surface area contributed by atoms with Crippen molar-refractivity contribution in [3.05, 3.63) is 52.2 Å². The molecule has 3 aromatic rings. The number of fused-ring (bicyclic) bond motifs is 1. The van der Waals surface area contributed by atoms with E-state index in [1.54, 1.807) is 20.3 Å². The molecule has 1 N–H and O–H groups in total. The van der Waals surface area contributed by atoms with Crippen LogP contribution in [-0.4, -0.2) is 56.4 Å². The number of rotatable bonds is 6. The Balaban J connectivity index is 1.46. The molecular formula is C22H23BrN2O5. The van der Waals surface area contributed by atoms with E-state index in [4.69, 9.17) is 13.9 Å². The quantitative estimate of drug-likeness (QED) is 0.572. The number of furan rings is 1. The van der Waals surface area contributed by atoms with Gasteiger partial charge in [-0.25, -0.2) is 4.79 Å². The lowest BCUT2D eigenvalue weighted by Crippen LogP contribution is -2.46. The SMILES string of the molecule is COc1cc(CN2CCN(c3ccc4oc(C(=O)O)cc4c3Br)CC2)cc(OC)c1. The second kappa shape index (κ2) is 8.57. The summed E-state index contributed by atoms with van der Waals surface area (Å²) in [6.07, 6.45) is 0. The first-order chi connectivity index (χ1) is 14.5. The number of hydrogen-bond donors (Lipinski definition) is 1. The van der Waals surface area contributed by atoms with Crippen LogP contribution in [0.15, 0.2) is 45.3 Å². The predicted octanol–water partition coefficient (Wildman–Crippen LogP) is 4.23. The number of benzene rings is 2. The van der Waals surface area contributed by atoms with Crippen LogP contribution in [0.1, 0.15) is 16.1 Å². The third-order valence-corrected chi connectivity index (χ3v) is 6.19. The van der Waals surface area contributed by atoms with Gasteiger partial charge in [0.25, 0.3) is 0 Å². The van der Waals surface area contributed by atoms with E-state index >= 15 is 0 Å². The molecule has 1 saturated heterocycles. The molecule has 2 aromatic carbocycles. The zero-order valence-electron chi connectivity index (χ0n) is 16.9. The van der Waals surface area contributed by atoms with Crippen molar-refractivity contribution < 1.29 is 23.8 Å². The van der Waals surface area contributed by atoms with Gasteiger partial charge < -0.3 is 23.9 Å². The third-order valence-electron chi connectivity index (χ3n) is 5.36. The molecule has 158 valence electrons. The second-order valence-electron chi connectivity index (χ2n) is 7.21. The standard InChI is InChI=1S/C22H23BrN2O5/c1-28-15-9-14(10-16(11-15)29-2)13-24-5-7-25(8-6-24)18-3-4-19-17(21(18)23)12-20(30-19)22(26)27/h3-4,9-12H,5-8,13H2,1-2H3,(H,26,27). The van der Waals surface area contributed by atoms with E-state index in [1.165, 1.54) is 0 Å². The van der Waals surface area contributed by atoms with Crippen LogP contribution in [0.2, 0.25) is 0 Å². The maximum atomic E-state index is 11.2. The zero-order valence-corrected chi connectivity index (χ0v) is 18.4. The number of piperazine rings is 1. The molecule has 4 rings (SSSR count). The summed E-state index contributed by atoms with van der Waals surface area (Å²) >= 11 is 3.64. The highest BCUT2D eigenvalue weighted by molar-refractivity contribution is 9.10. The summed E-state index contributed by atoms with van der Waals surface area (Å²) < 4.78 is 17.0. The zero-order chi connectivity index (χ0) is 21.3. The fourth-order valence-electron chi connectivity index (χ4n) is 3.78. The molecular weight excluding hydrogens is 452 g/mol. The Labute approximate surface area is 182 Å². The minimum Gasteiger partial charge on any atom is -0.497 e. The molecule has 1 aromatic heterocycles. The van der Waals surface area contributed by atoms with Crippen LogP contribution < -0.4 is 14.4 Å². The highest BCUT2D eigenvalue weighted by atomic mass is 79.9. The number of nitrogens with zero attached hydrogens (tertiary/aromatic N) is 2. The number of aromatic carboxylic acids is 1. The fourth-order valence-corrected chi connectivity index (χ4v) is 4.47. The van der Waals surface area contributed by atoms with Gasteiger partial charge >= 0.3 is 5.97 Å². The number of carboxylic acid groups (broad SMARTS) is 1. The Bertz CT molecular complexity index is 1050. The summed E-state index contributed by atoms with van der Waals surface area (Å²) in [4.78, 5) is 15.9. The first-order valence-electron chi connectivity index (χ1n) is 9.63. The maximum absolute atomic E-state index is 11.2. The average Bonchev–Trinajstić information content (AvgIpc) is 3.20. The molecule has 8 heteroatoms. The van der Waals surface area contributed by atoms with Crippen LogP contribution in [0.5, 0.6) is 11.5 Å². The summed E-state index contributed by atoms with van der Waals surface area (Å²) in [7, 11) is 3.32. The van der Waals surface area contributed by atoms with Crippen LogP contribution in [0.4, 0.5) is 5.69 Å². The maximum Gasteiger partial charge on any atom is 0.371 e. The highest BCUT2D eigenvalue weighted by Gasteiger charge is 2.22. The van der Waals surface area contributed by atoms with Crippen LogP contribution >= 0.6 is 15.9 Å². The first-order valence-corrected chi connectivity index (χ1v) is 10.4. The molecule has 0 spiro atoms. The van der Waals surface area contributed by atoms with Crippen molar-refractivity contribution in [1.82, 2.24) is 4.90 Å². The van der Waals surface area contributed by atoms with Gasteiger partial charge in [0.2, 0.25) is 5.76 Å². The Morgan fingerprint density at radius 1 is 1.07 bits per heavy atom. The van der Waals surface area contributed by atoms with E-state index < -0.39 is 5.97 Å². The van der Waals surface area contributed by atoms with Crippen molar-refractivity contribution in [2.24, 2.45) is 0 Å². The number of carboxylic acids is 1. The average molecular weight is 475 g/mol. The van der Waals surface area contributed by atoms with E-state index in [-0.39, 0.29) is 5.76 Å². The van der Waals surface area contributed by atoms with Gasteiger partial charge in [-0.2, -0.15) is 0 Å². The van der Waals surface area contributed by atoms with Crippen molar-refractivity contribution in [3.63, 3.8) is 0 Å². The van der Waals surface area contributed by atoms with Crippen LogP contribution in [0.25, 0.3) is 11.0 Å². The van der Waals surface area contributed by atoms with Gasteiger partial charge in [-0.3, -0.25) is 4.90 Å². The smallest absolute Gasteiger partial charge is 0.371 e. The van der Waals surface area contributed by atoms with Gasteiger partial charge in [0.05, 0.1) is 24.4 Å². The molecule has 30 heavy (non-hydrogen) atoms. The van der Waals surface area contributed by atoms with Crippen molar-refractivity contribution >= 4 is 38.6 Å². The van der Waals surface area contributed by atoms with Crippen molar-refractivity contribution in [2.45, 2.75) is 6.54 Å². The van der Waals surface area contributed by atoms with E-state index in [2.05, 4.69) is 25.7 Å². The Kier molecular flexibility index (Phi) is 5.87. The summed E-state index contributed by atoms with van der Waals surface area (Å²) in [5.41, 5.74) is 2.76. The summed E-state index contributed by atoms with van der Waals surface area (Å²) in [5, 5.41) is 9.94. The topological polar surface area (TPSA) is 75.4 Å². The largest absolute Gasteiger partial charge is 0.497 e. The number of carbonyl (C=O) groups is 1. The van der Waals surface area contributed by atoms with Gasteiger partial charge in [-0.1, -0.05) is 0 Å². The Hall–Kier alpha value is -2.71. The summed E-state index contributed by atoms with van der Waals surface area (Å²) in [6.45, 7) is 4.39. The molecule has 0 atom stereocenters. The van der Waals surface area contributed by atoms with E-state index in [1.807, 2.05) is 30.3 Å². The summed E-state index contributed by atoms with van der Waals surface area (Å²) in [5.74, 6) is 0.464. The first kappa shape index (κ1) is 20.6. The fraction of sp³-hybridized carbons (Fsp3) is 0.318. The normalized spacial score (nSPS) is 14.8. The van der Waals surface area contributed by atoms with Crippen LogP contribution in [0, 0.1) is 0 Å². The van der Waals surface area contributed by atoms with Gasteiger partial charge in [0.1, 0.15) is 17.1 Å². The molecule has 0 amide bonds. The van der Waals surface area contributed by atoms with Gasteiger partial charge in [-0.15, -0.1) is 0 Å². The minimum absolute atomic E-state index is 0.0543. The molecule has 2 heterocycles. The molecule has 1 fully saturated rings.